The fraction of sp³-hybridized carbons (Fsp3) is 0.278. The van der Waals surface area contributed by atoms with Crippen LogP contribution in [0.4, 0.5) is 5.69 Å². The smallest absolute Gasteiger partial charge is 0.258 e. The molecule has 0 heterocycles. The molecule has 0 saturated carbocycles. The molecule has 0 fully saturated rings. The summed E-state index contributed by atoms with van der Waals surface area (Å²) in [4.78, 5) is 14.1. The highest BCUT2D eigenvalue weighted by Crippen LogP contribution is 2.24. The van der Waals surface area contributed by atoms with E-state index in [4.69, 9.17) is 11.6 Å². The van der Waals surface area contributed by atoms with Crippen molar-refractivity contribution in [2.75, 3.05) is 11.9 Å². The number of nitrogens with zero attached hydrogens (tertiary/aromatic N) is 1. The predicted molar refractivity (Wildman–Crippen MR) is 89.3 cm³/mol. The van der Waals surface area contributed by atoms with Gasteiger partial charge in [-0.15, -0.1) is 0 Å². The van der Waals surface area contributed by atoms with Crippen molar-refractivity contribution in [1.29, 1.82) is 0 Å². The number of anilines is 1. The van der Waals surface area contributed by atoms with Gasteiger partial charge in [0.1, 0.15) is 0 Å². The Morgan fingerprint density at radius 1 is 1.05 bits per heavy atom. The van der Waals surface area contributed by atoms with Crippen LogP contribution in [-0.2, 0) is 5.41 Å². The summed E-state index contributed by atoms with van der Waals surface area (Å²) in [5, 5.41) is 0.621. The average Bonchev–Trinajstić information content (AvgIpc) is 2.45. The van der Waals surface area contributed by atoms with Crippen LogP contribution < -0.4 is 4.90 Å². The summed E-state index contributed by atoms with van der Waals surface area (Å²) in [5.74, 6) is -0.0438. The molecular weight excluding hydrogens is 282 g/mol. The summed E-state index contributed by atoms with van der Waals surface area (Å²) in [7, 11) is 1.76. The number of benzene rings is 2. The van der Waals surface area contributed by atoms with Gasteiger partial charge in [0.15, 0.2) is 0 Å². The van der Waals surface area contributed by atoms with Gasteiger partial charge in [-0.2, -0.15) is 0 Å². The molecule has 1 amide bonds. The maximum absolute atomic E-state index is 12.5. The number of carbonyl (C=O) groups excluding carboxylic acids is 1. The lowest BCUT2D eigenvalue weighted by Crippen LogP contribution is -2.26. The molecule has 0 bridgehead atoms. The van der Waals surface area contributed by atoms with Crippen molar-refractivity contribution < 1.29 is 4.79 Å². The number of hydrogen-bond donors (Lipinski definition) is 0. The Hall–Kier alpha value is -1.80. The molecule has 0 aliphatic heterocycles. The first-order valence-corrected chi connectivity index (χ1v) is 7.31. The van der Waals surface area contributed by atoms with E-state index in [1.54, 1.807) is 24.1 Å². The minimum atomic E-state index is -0.0438. The van der Waals surface area contributed by atoms with Crippen LogP contribution in [0.3, 0.4) is 0 Å². The van der Waals surface area contributed by atoms with Crippen molar-refractivity contribution in [3.8, 4) is 0 Å². The maximum atomic E-state index is 12.5. The van der Waals surface area contributed by atoms with Crippen molar-refractivity contribution in [1.82, 2.24) is 0 Å². The minimum Gasteiger partial charge on any atom is -0.311 e. The topological polar surface area (TPSA) is 20.3 Å². The van der Waals surface area contributed by atoms with Gasteiger partial charge in [0.25, 0.3) is 5.91 Å². The van der Waals surface area contributed by atoms with Gasteiger partial charge in [-0.3, -0.25) is 4.79 Å². The normalized spacial score (nSPS) is 11.3. The summed E-state index contributed by atoms with van der Waals surface area (Å²) < 4.78 is 0. The molecule has 0 atom stereocenters. The summed E-state index contributed by atoms with van der Waals surface area (Å²) >= 11 is 5.97. The largest absolute Gasteiger partial charge is 0.311 e. The van der Waals surface area contributed by atoms with Crippen LogP contribution in [-0.4, -0.2) is 13.0 Å². The minimum absolute atomic E-state index is 0.0438. The Labute approximate surface area is 131 Å². The van der Waals surface area contributed by atoms with Crippen LogP contribution in [0.25, 0.3) is 0 Å². The lowest BCUT2D eigenvalue weighted by Gasteiger charge is -2.21. The molecule has 21 heavy (non-hydrogen) atoms. The highest BCUT2D eigenvalue weighted by Gasteiger charge is 2.16. The third-order valence-corrected chi connectivity index (χ3v) is 3.73. The first kappa shape index (κ1) is 15.6. The van der Waals surface area contributed by atoms with Gasteiger partial charge >= 0.3 is 0 Å². The molecule has 0 N–H and O–H groups in total. The zero-order chi connectivity index (χ0) is 15.6. The monoisotopic (exact) mass is 301 g/mol. The molecule has 0 aromatic heterocycles. The first-order chi connectivity index (χ1) is 9.79. The zero-order valence-corrected chi connectivity index (χ0v) is 13.6. The van der Waals surface area contributed by atoms with Crippen LogP contribution in [0.1, 0.15) is 36.7 Å². The lowest BCUT2D eigenvalue weighted by atomic mass is 9.86. The highest BCUT2D eigenvalue weighted by atomic mass is 35.5. The third kappa shape index (κ3) is 3.64. The van der Waals surface area contributed by atoms with E-state index in [2.05, 4.69) is 20.8 Å². The molecule has 2 aromatic rings. The van der Waals surface area contributed by atoms with E-state index in [1.165, 1.54) is 5.56 Å². The Bertz CT molecular complexity index is 641. The Balaban J connectivity index is 2.24. The molecule has 110 valence electrons. The molecule has 2 aromatic carbocycles. The van der Waals surface area contributed by atoms with E-state index >= 15 is 0 Å². The van der Waals surface area contributed by atoms with Gasteiger partial charge in [-0.1, -0.05) is 50.6 Å². The lowest BCUT2D eigenvalue weighted by molar-refractivity contribution is 0.0993. The highest BCUT2D eigenvalue weighted by molar-refractivity contribution is 6.31. The van der Waals surface area contributed by atoms with E-state index < -0.39 is 0 Å². The molecular formula is C18H20ClNO. The molecule has 0 aliphatic rings. The number of rotatable bonds is 2. The Morgan fingerprint density at radius 2 is 1.67 bits per heavy atom. The summed E-state index contributed by atoms with van der Waals surface area (Å²) in [6.07, 6.45) is 0. The molecule has 0 radical (unpaired) electrons. The second-order valence-corrected chi connectivity index (χ2v) is 6.61. The van der Waals surface area contributed by atoms with Crippen molar-refractivity contribution >= 4 is 23.2 Å². The van der Waals surface area contributed by atoms with Gasteiger partial charge in [-0.05, 0) is 41.3 Å². The van der Waals surface area contributed by atoms with E-state index in [9.17, 15) is 4.79 Å². The molecule has 0 aliphatic carbocycles. The van der Waals surface area contributed by atoms with Gasteiger partial charge in [0.2, 0.25) is 0 Å². The van der Waals surface area contributed by atoms with E-state index in [0.29, 0.717) is 10.6 Å². The van der Waals surface area contributed by atoms with Crippen molar-refractivity contribution in [2.24, 2.45) is 0 Å². The van der Waals surface area contributed by atoms with Crippen LogP contribution in [0.2, 0.25) is 5.02 Å². The van der Waals surface area contributed by atoms with Crippen molar-refractivity contribution in [3.63, 3.8) is 0 Å². The maximum Gasteiger partial charge on any atom is 0.258 e. The molecule has 2 rings (SSSR count). The number of carbonyl (C=O) groups is 1. The quantitative estimate of drug-likeness (QED) is 0.771. The zero-order valence-electron chi connectivity index (χ0n) is 12.9. The summed E-state index contributed by atoms with van der Waals surface area (Å²) in [6.45, 7) is 6.46. The molecule has 0 spiro atoms. The van der Waals surface area contributed by atoms with Crippen molar-refractivity contribution in [2.45, 2.75) is 26.2 Å². The number of amides is 1. The van der Waals surface area contributed by atoms with E-state index in [1.807, 2.05) is 36.4 Å². The van der Waals surface area contributed by atoms with E-state index in [-0.39, 0.29) is 11.3 Å². The second-order valence-electron chi connectivity index (χ2n) is 6.17. The molecule has 0 unspecified atom stereocenters. The van der Waals surface area contributed by atoms with Crippen LogP contribution in [0.5, 0.6) is 0 Å². The van der Waals surface area contributed by atoms with Gasteiger partial charge in [0, 0.05) is 23.3 Å². The number of hydrogen-bond acceptors (Lipinski definition) is 1. The molecule has 3 heteroatoms. The van der Waals surface area contributed by atoms with Gasteiger partial charge < -0.3 is 4.90 Å². The van der Waals surface area contributed by atoms with E-state index in [0.717, 1.165) is 5.69 Å². The summed E-state index contributed by atoms with van der Waals surface area (Å²) in [5.41, 5.74) is 2.75. The second kappa shape index (κ2) is 5.90. The number of halogens is 1. The van der Waals surface area contributed by atoms with Gasteiger partial charge in [-0.25, -0.2) is 0 Å². The first-order valence-electron chi connectivity index (χ1n) is 6.93. The van der Waals surface area contributed by atoms with Crippen LogP contribution in [0.15, 0.2) is 48.5 Å². The molecule has 0 saturated heterocycles. The van der Waals surface area contributed by atoms with Crippen molar-refractivity contribution in [3.05, 3.63) is 64.7 Å². The fourth-order valence-electron chi connectivity index (χ4n) is 2.11. The Morgan fingerprint density at radius 3 is 2.19 bits per heavy atom. The van der Waals surface area contributed by atoms with Crippen LogP contribution in [0, 0.1) is 0 Å². The predicted octanol–water partition coefficient (Wildman–Crippen LogP) is 4.91. The van der Waals surface area contributed by atoms with Gasteiger partial charge in [0.05, 0.1) is 0 Å². The van der Waals surface area contributed by atoms with Crippen LogP contribution >= 0.6 is 11.6 Å². The third-order valence-electron chi connectivity index (χ3n) is 3.50. The average molecular weight is 302 g/mol. The standard InChI is InChI=1S/C18H20ClNO/c1-18(2,3)14-10-8-13(9-11-14)17(21)20(4)16-7-5-6-15(19)12-16/h5-12H,1-4H3. The molecule has 2 nitrogen and oxygen atoms in total. The fourth-order valence-corrected chi connectivity index (χ4v) is 2.29. The SMILES string of the molecule is CN(C(=O)c1ccc(C(C)(C)C)cc1)c1cccc(Cl)c1. The summed E-state index contributed by atoms with van der Waals surface area (Å²) in [6, 6.07) is 15.1. The Kier molecular flexibility index (Phi) is 4.38.